The Morgan fingerprint density at radius 2 is 2.00 bits per heavy atom. The first-order valence-corrected chi connectivity index (χ1v) is 8.00. The van der Waals surface area contributed by atoms with Crippen molar-refractivity contribution in [2.45, 2.75) is 32.7 Å². The standard InChI is InChI=1S/C16H17BrN4O/c1-9-3-4-12(7-13(9)17)21-16(22)14-8-15(19-10(2)18-14)20-11-5-6-11/h3-4,7-8,11H,5-6H2,1-2H3,(H,21,22)(H,18,19,20). The van der Waals surface area contributed by atoms with E-state index in [1.807, 2.05) is 25.1 Å². The highest BCUT2D eigenvalue weighted by Gasteiger charge is 2.22. The highest BCUT2D eigenvalue weighted by Crippen LogP contribution is 2.24. The fourth-order valence-electron chi connectivity index (χ4n) is 2.06. The molecule has 0 unspecified atom stereocenters. The second kappa shape index (κ2) is 6.04. The van der Waals surface area contributed by atoms with Crippen LogP contribution < -0.4 is 10.6 Å². The normalized spacial score (nSPS) is 13.8. The fraction of sp³-hybridized carbons (Fsp3) is 0.312. The van der Waals surface area contributed by atoms with E-state index in [1.54, 1.807) is 13.0 Å². The van der Waals surface area contributed by atoms with Gasteiger partial charge in [-0.25, -0.2) is 9.97 Å². The maximum Gasteiger partial charge on any atom is 0.274 e. The maximum atomic E-state index is 12.4. The number of carbonyl (C=O) groups excluding carboxylic acids is 1. The van der Waals surface area contributed by atoms with Crippen LogP contribution in [0.5, 0.6) is 0 Å². The van der Waals surface area contributed by atoms with Gasteiger partial charge in [-0.05, 0) is 44.4 Å². The molecule has 5 nitrogen and oxygen atoms in total. The molecule has 0 spiro atoms. The summed E-state index contributed by atoms with van der Waals surface area (Å²) in [5, 5.41) is 6.16. The average molecular weight is 361 g/mol. The van der Waals surface area contributed by atoms with Crippen molar-refractivity contribution < 1.29 is 4.79 Å². The van der Waals surface area contributed by atoms with E-state index in [0.29, 0.717) is 23.4 Å². The zero-order valence-corrected chi connectivity index (χ0v) is 14.1. The molecule has 0 saturated heterocycles. The Morgan fingerprint density at radius 3 is 2.68 bits per heavy atom. The first-order valence-electron chi connectivity index (χ1n) is 7.21. The lowest BCUT2D eigenvalue weighted by molar-refractivity contribution is 0.102. The molecule has 2 aromatic rings. The van der Waals surface area contributed by atoms with E-state index < -0.39 is 0 Å². The number of hydrogen-bond acceptors (Lipinski definition) is 4. The van der Waals surface area contributed by atoms with Crippen molar-refractivity contribution in [3.63, 3.8) is 0 Å². The molecule has 6 heteroatoms. The Labute approximate surface area is 137 Å². The predicted octanol–water partition coefficient (Wildman–Crippen LogP) is 3.68. The van der Waals surface area contributed by atoms with Crippen molar-refractivity contribution in [1.82, 2.24) is 9.97 Å². The Hall–Kier alpha value is -1.95. The number of carbonyl (C=O) groups is 1. The summed E-state index contributed by atoms with van der Waals surface area (Å²) < 4.78 is 0.959. The number of nitrogens with one attached hydrogen (secondary N) is 2. The second-order valence-electron chi connectivity index (χ2n) is 5.52. The third-order valence-electron chi connectivity index (χ3n) is 3.43. The molecule has 0 atom stereocenters. The van der Waals surface area contributed by atoms with Gasteiger partial charge < -0.3 is 10.6 Å². The van der Waals surface area contributed by atoms with Crippen molar-refractivity contribution >= 4 is 33.3 Å². The van der Waals surface area contributed by atoms with E-state index in [4.69, 9.17) is 0 Å². The molecule has 3 rings (SSSR count). The first kappa shape index (κ1) is 15.0. The van der Waals surface area contributed by atoms with Crippen LogP contribution in [0.1, 0.15) is 34.7 Å². The number of aromatic nitrogens is 2. The summed E-state index contributed by atoms with van der Waals surface area (Å²) >= 11 is 3.46. The summed E-state index contributed by atoms with van der Waals surface area (Å²) in [4.78, 5) is 20.9. The molecule has 0 aliphatic heterocycles. The quantitative estimate of drug-likeness (QED) is 0.872. The van der Waals surface area contributed by atoms with Crippen LogP contribution in [0.15, 0.2) is 28.7 Å². The van der Waals surface area contributed by atoms with Gasteiger partial charge in [0.2, 0.25) is 0 Å². The lowest BCUT2D eigenvalue weighted by Gasteiger charge is -2.09. The summed E-state index contributed by atoms with van der Waals surface area (Å²) in [5.41, 5.74) is 2.22. The van der Waals surface area contributed by atoms with Crippen LogP contribution in [0.3, 0.4) is 0 Å². The minimum absolute atomic E-state index is 0.236. The van der Waals surface area contributed by atoms with E-state index in [0.717, 1.165) is 28.6 Å². The number of hydrogen-bond donors (Lipinski definition) is 2. The molecule has 1 aliphatic rings. The molecule has 1 aliphatic carbocycles. The third kappa shape index (κ3) is 3.62. The van der Waals surface area contributed by atoms with E-state index in [9.17, 15) is 4.79 Å². The van der Waals surface area contributed by atoms with Gasteiger partial charge in [-0.1, -0.05) is 22.0 Å². The van der Waals surface area contributed by atoms with Crippen molar-refractivity contribution in [1.29, 1.82) is 0 Å². The molecule has 1 fully saturated rings. The Balaban J connectivity index is 1.78. The SMILES string of the molecule is Cc1nc(NC2CC2)cc(C(=O)Nc2ccc(C)c(Br)c2)n1. The molecular formula is C16H17BrN4O. The number of amides is 1. The molecule has 1 saturated carbocycles. The molecule has 0 bridgehead atoms. The fourth-order valence-corrected chi connectivity index (χ4v) is 2.44. The van der Waals surface area contributed by atoms with Gasteiger partial charge in [0, 0.05) is 22.3 Å². The van der Waals surface area contributed by atoms with Crippen LogP contribution in [0.25, 0.3) is 0 Å². The highest BCUT2D eigenvalue weighted by atomic mass is 79.9. The van der Waals surface area contributed by atoms with Gasteiger partial charge in [-0.2, -0.15) is 0 Å². The second-order valence-corrected chi connectivity index (χ2v) is 6.38. The molecule has 2 N–H and O–H groups in total. The lowest BCUT2D eigenvalue weighted by atomic mass is 10.2. The molecule has 0 radical (unpaired) electrons. The molecular weight excluding hydrogens is 344 g/mol. The summed E-state index contributed by atoms with van der Waals surface area (Å²) in [6, 6.07) is 7.88. The Kier molecular flexibility index (Phi) is 4.11. The van der Waals surface area contributed by atoms with Crippen LogP contribution in [0.4, 0.5) is 11.5 Å². The maximum absolute atomic E-state index is 12.4. The summed E-state index contributed by atoms with van der Waals surface area (Å²) in [7, 11) is 0. The van der Waals surface area contributed by atoms with Gasteiger partial charge in [-0.3, -0.25) is 4.79 Å². The summed E-state index contributed by atoms with van der Waals surface area (Å²) in [6.45, 7) is 3.79. The summed E-state index contributed by atoms with van der Waals surface area (Å²) in [6.07, 6.45) is 2.31. The number of rotatable bonds is 4. The predicted molar refractivity (Wildman–Crippen MR) is 90.2 cm³/mol. The summed E-state index contributed by atoms with van der Waals surface area (Å²) in [5.74, 6) is 1.06. The minimum Gasteiger partial charge on any atom is -0.367 e. The number of halogens is 1. The Bertz CT molecular complexity index is 728. The smallest absolute Gasteiger partial charge is 0.274 e. The third-order valence-corrected chi connectivity index (χ3v) is 4.28. The number of anilines is 2. The number of benzene rings is 1. The molecule has 1 aromatic carbocycles. The van der Waals surface area contributed by atoms with E-state index in [-0.39, 0.29) is 5.91 Å². The lowest BCUT2D eigenvalue weighted by Crippen LogP contribution is -2.16. The van der Waals surface area contributed by atoms with Crippen molar-refractivity contribution in [3.05, 3.63) is 45.8 Å². The van der Waals surface area contributed by atoms with Gasteiger partial charge in [0.25, 0.3) is 5.91 Å². The molecule has 22 heavy (non-hydrogen) atoms. The minimum atomic E-state index is -0.236. The number of nitrogens with zero attached hydrogens (tertiary/aromatic N) is 2. The van der Waals surface area contributed by atoms with Crippen molar-refractivity contribution in [2.75, 3.05) is 10.6 Å². The van der Waals surface area contributed by atoms with Gasteiger partial charge in [-0.15, -0.1) is 0 Å². The van der Waals surface area contributed by atoms with Crippen LogP contribution in [-0.4, -0.2) is 21.9 Å². The van der Waals surface area contributed by atoms with Gasteiger partial charge in [0.1, 0.15) is 17.3 Å². The molecule has 114 valence electrons. The van der Waals surface area contributed by atoms with Crippen LogP contribution in [0, 0.1) is 13.8 Å². The van der Waals surface area contributed by atoms with Gasteiger partial charge in [0.05, 0.1) is 0 Å². The van der Waals surface area contributed by atoms with Gasteiger partial charge >= 0.3 is 0 Å². The van der Waals surface area contributed by atoms with E-state index in [1.165, 1.54) is 0 Å². The largest absolute Gasteiger partial charge is 0.367 e. The zero-order chi connectivity index (χ0) is 15.7. The van der Waals surface area contributed by atoms with Crippen LogP contribution in [-0.2, 0) is 0 Å². The van der Waals surface area contributed by atoms with Crippen molar-refractivity contribution in [3.8, 4) is 0 Å². The molecule has 1 heterocycles. The van der Waals surface area contributed by atoms with Crippen LogP contribution >= 0.6 is 15.9 Å². The van der Waals surface area contributed by atoms with E-state index >= 15 is 0 Å². The molecule has 1 amide bonds. The topological polar surface area (TPSA) is 66.9 Å². The van der Waals surface area contributed by atoms with Gasteiger partial charge in [0.15, 0.2) is 0 Å². The van der Waals surface area contributed by atoms with Crippen molar-refractivity contribution in [2.24, 2.45) is 0 Å². The van der Waals surface area contributed by atoms with Crippen LogP contribution in [0.2, 0.25) is 0 Å². The first-order chi connectivity index (χ1) is 10.5. The highest BCUT2D eigenvalue weighted by molar-refractivity contribution is 9.10. The zero-order valence-electron chi connectivity index (χ0n) is 12.5. The van der Waals surface area contributed by atoms with E-state index in [2.05, 4.69) is 36.5 Å². The number of aryl methyl sites for hydroxylation is 2. The average Bonchev–Trinajstić information content (AvgIpc) is 3.26. The molecule has 1 aromatic heterocycles. The Morgan fingerprint density at radius 1 is 1.23 bits per heavy atom. The monoisotopic (exact) mass is 360 g/mol.